The van der Waals surface area contributed by atoms with Gasteiger partial charge >= 0.3 is 0 Å². The molecule has 1 saturated heterocycles. The summed E-state index contributed by atoms with van der Waals surface area (Å²) in [5.74, 6) is 0.515. The van der Waals surface area contributed by atoms with Gasteiger partial charge in [-0.2, -0.15) is 4.31 Å². The van der Waals surface area contributed by atoms with Crippen molar-refractivity contribution in [3.8, 4) is 5.75 Å². The second-order valence-electron chi connectivity index (χ2n) is 7.06. The van der Waals surface area contributed by atoms with Crippen molar-refractivity contribution in [3.05, 3.63) is 71.1 Å². The highest BCUT2D eigenvalue weighted by molar-refractivity contribution is 7.92. The minimum Gasteiger partial charge on any atom is -0.481 e. The van der Waals surface area contributed by atoms with Gasteiger partial charge in [0.1, 0.15) is 5.75 Å². The number of nitrogens with zero attached hydrogens (tertiary/aromatic N) is 2. The monoisotopic (exact) mass is 414 g/mol. The summed E-state index contributed by atoms with van der Waals surface area (Å²) in [4.78, 5) is 14.3. The molecule has 1 amide bonds. The molecule has 0 aromatic heterocycles. The van der Waals surface area contributed by atoms with Gasteiger partial charge in [-0.1, -0.05) is 42.5 Å². The van der Waals surface area contributed by atoms with Crippen LogP contribution < -0.4 is 4.74 Å². The predicted octanol–water partition coefficient (Wildman–Crippen LogP) is 2.91. The Morgan fingerprint density at radius 3 is 2.38 bits per heavy atom. The lowest BCUT2D eigenvalue weighted by Crippen LogP contribution is -2.52. The fourth-order valence-corrected chi connectivity index (χ4v) is 4.35. The summed E-state index contributed by atoms with van der Waals surface area (Å²) in [7, 11) is -3.52. The molecule has 0 spiro atoms. The van der Waals surface area contributed by atoms with Gasteiger partial charge in [-0.3, -0.25) is 4.79 Å². The van der Waals surface area contributed by atoms with E-state index in [0.29, 0.717) is 18.8 Å². The zero-order chi connectivity index (χ0) is 20.9. The summed E-state index contributed by atoms with van der Waals surface area (Å²) in [6, 6.07) is 16.8. The number of piperazine rings is 1. The van der Waals surface area contributed by atoms with Gasteiger partial charge < -0.3 is 9.64 Å². The van der Waals surface area contributed by atoms with Crippen molar-refractivity contribution >= 4 is 22.0 Å². The largest absolute Gasteiger partial charge is 0.481 e. The molecule has 1 aliphatic rings. The third-order valence-corrected chi connectivity index (χ3v) is 6.36. The Hall–Kier alpha value is -2.64. The van der Waals surface area contributed by atoms with Crippen LogP contribution in [-0.4, -0.2) is 55.8 Å². The van der Waals surface area contributed by atoms with E-state index in [-0.39, 0.29) is 19.0 Å². The lowest BCUT2D eigenvalue weighted by atomic mass is 10.2. The van der Waals surface area contributed by atoms with Crippen molar-refractivity contribution in [1.29, 1.82) is 0 Å². The first-order chi connectivity index (χ1) is 13.8. The number of carbonyl (C=O) groups excluding carboxylic acids is 1. The molecular weight excluding hydrogens is 388 g/mol. The maximum Gasteiger partial charge on any atom is 0.263 e. The fourth-order valence-electron chi connectivity index (χ4n) is 3.18. The summed E-state index contributed by atoms with van der Waals surface area (Å²) in [5.41, 5.74) is 1.89. The molecule has 0 radical (unpaired) electrons. The number of amides is 1. The highest BCUT2D eigenvalue weighted by Gasteiger charge is 2.30. The second-order valence-corrected chi connectivity index (χ2v) is 8.88. The molecule has 0 saturated carbocycles. The molecule has 154 valence electrons. The molecule has 1 heterocycles. The minimum atomic E-state index is -3.52. The van der Waals surface area contributed by atoms with Gasteiger partial charge in [0.2, 0.25) is 10.0 Å². The van der Waals surface area contributed by atoms with E-state index in [0.717, 1.165) is 11.1 Å². The smallest absolute Gasteiger partial charge is 0.263 e. The van der Waals surface area contributed by atoms with Crippen molar-refractivity contribution < 1.29 is 17.9 Å². The lowest BCUT2D eigenvalue weighted by molar-refractivity contribution is -0.139. The van der Waals surface area contributed by atoms with Gasteiger partial charge in [0.15, 0.2) is 6.10 Å². The molecule has 0 aliphatic carbocycles. The number of ether oxygens (including phenoxy) is 1. The van der Waals surface area contributed by atoms with Crippen molar-refractivity contribution in [3.63, 3.8) is 0 Å². The zero-order valence-electron chi connectivity index (χ0n) is 16.7. The lowest BCUT2D eigenvalue weighted by Gasteiger charge is -2.34. The average molecular weight is 415 g/mol. The SMILES string of the molecule is Cc1cccc(O[C@@H](C)C(=O)N2CCN(S(=O)(=O)/C=C/c3ccccc3)CC2)c1. The highest BCUT2D eigenvalue weighted by Crippen LogP contribution is 2.17. The van der Waals surface area contributed by atoms with E-state index in [1.165, 1.54) is 9.71 Å². The summed E-state index contributed by atoms with van der Waals surface area (Å²) < 4.78 is 32.3. The number of carbonyl (C=O) groups is 1. The van der Waals surface area contributed by atoms with Crippen molar-refractivity contribution in [1.82, 2.24) is 9.21 Å². The third-order valence-electron chi connectivity index (χ3n) is 4.79. The molecule has 0 N–H and O–H groups in total. The molecule has 0 unspecified atom stereocenters. The molecule has 6 nitrogen and oxygen atoms in total. The van der Waals surface area contributed by atoms with Crippen LogP contribution in [-0.2, 0) is 14.8 Å². The Labute approximate surface area is 172 Å². The van der Waals surface area contributed by atoms with Gasteiger partial charge in [-0.15, -0.1) is 0 Å². The molecule has 1 aliphatic heterocycles. The number of benzene rings is 2. The van der Waals surface area contributed by atoms with Crippen molar-refractivity contribution in [2.75, 3.05) is 26.2 Å². The Balaban J connectivity index is 1.55. The molecule has 1 fully saturated rings. The van der Waals surface area contributed by atoms with Crippen LogP contribution in [0.25, 0.3) is 6.08 Å². The third kappa shape index (κ3) is 5.68. The van der Waals surface area contributed by atoms with E-state index in [4.69, 9.17) is 4.74 Å². The van der Waals surface area contributed by atoms with Crippen molar-refractivity contribution in [2.45, 2.75) is 20.0 Å². The summed E-state index contributed by atoms with van der Waals surface area (Å²) in [6.45, 7) is 4.91. The number of hydrogen-bond donors (Lipinski definition) is 0. The maximum atomic E-state index is 12.7. The van der Waals surface area contributed by atoms with E-state index in [9.17, 15) is 13.2 Å². The zero-order valence-corrected chi connectivity index (χ0v) is 17.5. The van der Waals surface area contributed by atoms with Crippen LogP contribution in [0.4, 0.5) is 0 Å². The fraction of sp³-hybridized carbons (Fsp3) is 0.318. The first kappa shape index (κ1) is 21.1. The van der Waals surface area contributed by atoms with Gasteiger partial charge in [0.05, 0.1) is 0 Å². The van der Waals surface area contributed by atoms with Gasteiger partial charge in [0.25, 0.3) is 5.91 Å². The summed E-state index contributed by atoms with van der Waals surface area (Å²) in [6.07, 6.45) is 0.961. The Morgan fingerprint density at radius 2 is 1.72 bits per heavy atom. The quantitative estimate of drug-likeness (QED) is 0.729. The van der Waals surface area contributed by atoms with E-state index in [2.05, 4.69) is 0 Å². The van der Waals surface area contributed by atoms with Crippen LogP contribution in [0.2, 0.25) is 0 Å². The number of hydrogen-bond acceptors (Lipinski definition) is 4. The van der Waals surface area contributed by atoms with Gasteiger partial charge in [-0.05, 0) is 43.2 Å². The topological polar surface area (TPSA) is 66.9 Å². The van der Waals surface area contributed by atoms with Gasteiger partial charge in [-0.25, -0.2) is 8.42 Å². The van der Waals surface area contributed by atoms with Crippen LogP contribution in [0, 0.1) is 6.92 Å². The Bertz CT molecular complexity index is 965. The van der Waals surface area contributed by atoms with Crippen LogP contribution in [0.1, 0.15) is 18.1 Å². The molecule has 29 heavy (non-hydrogen) atoms. The molecule has 2 aromatic carbocycles. The molecule has 7 heteroatoms. The average Bonchev–Trinajstić information content (AvgIpc) is 2.72. The highest BCUT2D eigenvalue weighted by atomic mass is 32.2. The number of rotatable bonds is 6. The summed E-state index contributed by atoms with van der Waals surface area (Å²) in [5, 5.41) is 1.23. The normalized spacial score (nSPS) is 16.7. The van der Waals surface area contributed by atoms with E-state index in [1.54, 1.807) is 17.9 Å². The number of aryl methyl sites for hydroxylation is 1. The first-order valence-electron chi connectivity index (χ1n) is 9.60. The second kappa shape index (κ2) is 9.24. The summed E-state index contributed by atoms with van der Waals surface area (Å²) >= 11 is 0. The van der Waals surface area contributed by atoms with Crippen LogP contribution in [0.5, 0.6) is 5.75 Å². The first-order valence-corrected chi connectivity index (χ1v) is 11.1. The van der Waals surface area contributed by atoms with Crippen LogP contribution in [0.3, 0.4) is 0 Å². The van der Waals surface area contributed by atoms with Crippen molar-refractivity contribution in [2.24, 2.45) is 0 Å². The minimum absolute atomic E-state index is 0.136. The number of sulfonamides is 1. The Kier molecular flexibility index (Phi) is 6.71. The molecule has 1 atom stereocenters. The molecule has 3 rings (SSSR count). The van der Waals surface area contributed by atoms with E-state index >= 15 is 0 Å². The maximum absolute atomic E-state index is 12.7. The van der Waals surface area contributed by atoms with E-state index < -0.39 is 16.1 Å². The standard InChI is InChI=1S/C22H26N2O4S/c1-18-7-6-10-21(17-18)28-19(2)22(25)23-12-14-24(15-13-23)29(26,27)16-11-20-8-4-3-5-9-20/h3-11,16-17,19H,12-15H2,1-2H3/b16-11+/t19-/m0/s1. The molecule has 2 aromatic rings. The van der Waals surface area contributed by atoms with Gasteiger partial charge in [0, 0.05) is 31.6 Å². The predicted molar refractivity (Wildman–Crippen MR) is 114 cm³/mol. The van der Waals surface area contributed by atoms with Crippen LogP contribution >= 0.6 is 0 Å². The molecular formula is C22H26N2O4S. The van der Waals surface area contributed by atoms with Crippen LogP contribution in [0.15, 0.2) is 60.0 Å². The van der Waals surface area contributed by atoms with E-state index in [1.807, 2.05) is 61.5 Å². The Morgan fingerprint density at radius 1 is 1.03 bits per heavy atom. The molecule has 0 bridgehead atoms.